The van der Waals surface area contributed by atoms with E-state index in [2.05, 4.69) is 11.9 Å². The van der Waals surface area contributed by atoms with E-state index < -0.39 is 5.97 Å². The van der Waals surface area contributed by atoms with Crippen LogP contribution >= 0.6 is 11.6 Å². The highest BCUT2D eigenvalue weighted by Gasteiger charge is 2.13. The van der Waals surface area contributed by atoms with Crippen LogP contribution in [-0.2, 0) is 17.6 Å². The number of carbonyl (C=O) groups excluding carboxylic acids is 1. The average molecular weight is 388 g/mol. The Hall–Kier alpha value is -2.79. The zero-order valence-electron chi connectivity index (χ0n) is 14.9. The van der Waals surface area contributed by atoms with Crippen molar-refractivity contribution in [2.45, 2.75) is 19.3 Å². The van der Waals surface area contributed by atoms with Gasteiger partial charge in [-0.15, -0.1) is 0 Å². The minimum absolute atomic E-state index is 0.116. The molecule has 6 heteroatoms. The second-order valence-corrected chi connectivity index (χ2v) is 6.39. The van der Waals surface area contributed by atoms with Crippen LogP contribution in [0.25, 0.3) is 0 Å². The first kappa shape index (κ1) is 20.5. The summed E-state index contributed by atoms with van der Waals surface area (Å²) < 4.78 is 5.50. The van der Waals surface area contributed by atoms with Crippen LogP contribution in [0.4, 0.5) is 0 Å². The van der Waals surface area contributed by atoms with Crippen LogP contribution in [0.15, 0.2) is 55.1 Å². The van der Waals surface area contributed by atoms with E-state index in [-0.39, 0.29) is 12.3 Å². The summed E-state index contributed by atoms with van der Waals surface area (Å²) in [6, 6.07) is 12.6. The number of aliphatic carboxylic acids is 1. The molecular formula is C21H22ClNO4. The van der Waals surface area contributed by atoms with Crippen LogP contribution < -0.4 is 10.1 Å². The lowest BCUT2D eigenvalue weighted by molar-refractivity contribution is -0.136. The number of hydrogen-bond donors (Lipinski definition) is 2. The van der Waals surface area contributed by atoms with Gasteiger partial charge in [0.25, 0.3) is 5.91 Å². The SMILES string of the molecule is C=CCOc1ccc(Cl)cc1C(=O)NCCc1ccc(CCC(=O)O)cc1. The molecule has 0 saturated carbocycles. The first-order valence-corrected chi connectivity index (χ1v) is 8.98. The summed E-state index contributed by atoms with van der Waals surface area (Å²) in [6.07, 6.45) is 2.89. The highest BCUT2D eigenvalue weighted by molar-refractivity contribution is 6.31. The number of nitrogens with one attached hydrogen (secondary N) is 1. The summed E-state index contributed by atoms with van der Waals surface area (Å²) in [5.41, 5.74) is 2.42. The number of carboxylic acids is 1. The Balaban J connectivity index is 1.89. The van der Waals surface area contributed by atoms with Gasteiger partial charge in [-0.1, -0.05) is 48.5 Å². The summed E-state index contributed by atoms with van der Waals surface area (Å²) in [7, 11) is 0. The molecule has 0 atom stereocenters. The zero-order valence-corrected chi connectivity index (χ0v) is 15.7. The van der Waals surface area contributed by atoms with Crippen molar-refractivity contribution in [3.8, 4) is 5.75 Å². The molecule has 0 bridgehead atoms. The molecule has 0 unspecified atom stereocenters. The molecule has 0 aliphatic heterocycles. The molecule has 2 aromatic rings. The lowest BCUT2D eigenvalue weighted by atomic mass is 10.1. The molecule has 0 spiro atoms. The Bertz CT molecular complexity index is 802. The van der Waals surface area contributed by atoms with Crippen molar-refractivity contribution >= 4 is 23.5 Å². The number of carbonyl (C=O) groups is 2. The molecular weight excluding hydrogens is 366 g/mol. The number of hydrogen-bond acceptors (Lipinski definition) is 3. The van der Waals surface area contributed by atoms with Gasteiger partial charge in [-0.3, -0.25) is 9.59 Å². The van der Waals surface area contributed by atoms with Gasteiger partial charge in [0.2, 0.25) is 0 Å². The Morgan fingerprint density at radius 1 is 1.11 bits per heavy atom. The topological polar surface area (TPSA) is 75.6 Å². The van der Waals surface area contributed by atoms with Gasteiger partial charge in [-0.05, 0) is 42.2 Å². The number of carboxylic acid groups (broad SMARTS) is 1. The van der Waals surface area contributed by atoms with E-state index in [9.17, 15) is 9.59 Å². The van der Waals surface area contributed by atoms with E-state index in [1.807, 2.05) is 24.3 Å². The quantitative estimate of drug-likeness (QED) is 0.606. The van der Waals surface area contributed by atoms with E-state index in [0.717, 1.165) is 11.1 Å². The third-order valence-electron chi connectivity index (χ3n) is 3.89. The van der Waals surface area contributed by atoms with Gasteiger partial charge in [0, 0.05) is 18.0 Å². The average Bonchev–Trinajstić information content (AvgIpc) is 2.66. The molecule has 2 aromatic carbocycles. The van der Waals surface area contributed by atoms with Crippen LogP contribution in [-0.4, -0.2) is 30.1 Å². The number of halogens is 1. The maximum absolute atomic E-state index is 12.4. The highest BCUT2D eigenvalue weighted by atomic mass is 35.5. The highest BCUT2D eigenvalue weighted by Crippen LogP contribution is 2.23. The largest absolute Gasteiger partial charge is 0.489 e. The minimum atomic E-state index is -0.806. The molecule has 27 heavy (non-hydrogen) atoms. The summed E-state index contributed by atoms with van der Waals surface area (Å²) in [4.78, 5) is 23.0. The Morgan fingerprint density at radius 2 is 1.78 bits per heavy atom. The second kappa shape index (κ2) is 10.4. The molecule has 5 nitrogen and oxygen atoms in total. The summed E-state index contributed by atoms with van der Waals surface area (Å²) >= 11 is 5.99. The van der Waals surface area contributed by atoms with Crippen LogP contribution in [0.2, 0.25) is 5.02 Å². The number of aryl methyl sites for hydroxylation is 1. The fraction of sp³-hybridized carbons (Fsp3) is 0.238. The maximum atomic E-state index is 12.4. The number of amides is 1. The molecule has 0 heterocycles. The van der Waals surface area contributed by atoms with Crippen LogP contribution in [0.1, 0.15) is 27.9 Å². The molecule has 0 aliphatic carbocycles. The zero-order chi connectivity index (χ0) is 19.6. The second-order valence-electron chi connectivity index (χ2n) is 5.96. The summed E-state index contributed by atoms with van der Waals surface area (Å²) in [5, 5.41) is 12.0. The number of benzene rings is 2. The van der Waals surface area contributed by atoms with E-state index in [0.29, 0.717) is 42.3 Å². The molecule has 0 saturated heterocycles. The Labute approximate surface area is 163 Å². The van der Waals surface area contributed by atoms with Crippen molar-refractivity contribution in [2.75, 3.05) is 13.2 Å². The van der Waals surface area contributed by atoms with E-state index in [1.165, 1.54) is 0 Å². The molecule has 142 valence electrons. The van der Waals surface area contributed by atoms with Crippen LogP contribution in [0, 0.1) is 0 Å². The van der Waals surface area contributed by atoms with E-state index in [4.69, 9.17) is 21.4 Å². The van der Waals surface area contributed by atoms with Crippen molar-refractivity contribution in [3.05, 3.63) is 76.8 Å². The molecule has 0 fully saturated rings. The van der Waals surface area contributed by atoms with E-state index in [1.54, 1.807) is 24.3 Å². The standard InChI is InChI=1S/C21H22ClNO4/c1-2-13-27-19-9-8-17(22)14-18(19)21(26)23-12-11-16-5-3-15(4-6-16)7-10-20(24)25/h2-6,8-9,14H,1,7,10-13H2,(H,23,26)(H,24,25). The van der Waals surface area contributed by atoms with Gasteiger partial charge >= 0.3 is 5.97 Å². The minimum Gasteiger partial charge on any atom is -0.489 e. The molecule has 0 aromatic heterocycles. The van der Waals surface area contributed by atoms with Crippen molar-refractivity contribution in [1.82, 2.24) is 5.32 Å². The monoisotopic (exact) mass is 387 g/mol. The maximum Gasteiger partial charge on any atom is 0.303 e. The molecule has 0 radical (unpaired) electrons. The van der Waals surface area contributed by atoms with Gasteiger partial charge in [0.05, 0.1) is 5.56 Å². The third-order valence-corrected chi connectivity index (χ3v) is 4.13. The Kier molecular flexibility index (Phi) is 7.89. The smallest absolute Gasteiger partial charge is 0.303 e. The van der Waals surface area contributed by atoms with Crippen molar-refractivity contribution in [3.63, 3.8) is 0 Å². The summed E-state index contributed by atoms with van der Waals surface area (Å²) in [6.45, 7) is 4.36. The molecule has 2 rings (SSSR count). The summed E-state index contributed by atoms with van der Waals surface area (Å²) in [5.74, 6) is -0.603. The number of rotatable bonds is 10. The van der Waals surface area contributed by atoms with Gasteiger partial charge in [0.1, 0.15) is 12.4 Å². The van der Waals surface area contributed by atoms with Crippen molar-refractivity contribution in [2.24, 2.45) is 0 Å². The normalized spacial score (nSPS) is 10.3. The lowest BCUT2D eigenvalue weighted by Crippen LogP contribution is -2.26. The molecule has 2 N–H and O–H groups in total. The fourth-order valence-corrected chi connectivity index (χ4v) is 2.67. The van der Waals surface area contributed by atoms with Crippen LogP contribution in [0.5, 0.6) is 5.75 Å². The molecule has 0 aliphatic rings. The Morgan fingerprint density at radius 3 is 2.41 bits per heavy atom. The fourth-order valence-electron chi connectivity index (χ4n) is 2.49. The first-order chi connectivity index (χ1) is 13.0. The van der Waals surface area contributed by atoms with Gasteiger partial charge < -0.3 is 15.2 Å². The lowest BCUT2D eigenvalue weighted by Gasteiger charge is -2.11. The number of ether oxygens (including phenoxy) is 1. The van der Waals surface area contributed by atoms with Crippen LogP contribution in [0.3, 0.4) is 0 Å². The third kappa shape index (κ3) is 6.79. The predicted octanol–water partition coefficient (Wildman–Crippen LogP) is 3.89. The van der Waals surface area contributed by atoms with Crippen molar-refractivity contribution in [1.29, 1.82) is 0 Å². The van der Waals surface area contributed by atoms with Gasteiger partial charge in [-0.2, -0.15) is 0 Å². The van der Waals surface area contributed by atoms with Gasteiger partial charge in [0.15, 0.2) is 0 Å². The molecule has 1 amide bonds. The first-order valence-electron chi connectivity index (χ1n) is 8.60. The van der Waals surface area contributed by atoms with Crippen molar-refractivity contribution < 1.29 is 19.4 Å². The van der Waals surface area contributed by atoms with E-state index >= 15 is 0 Å². The van der Waals surface area contributed by atoms with Gasteiger partial charge in [-0.25, -0.2) is 0 Å². The predicted molar refractivity (Wildman–Crippen MR) is 106 cm³/mol.